The molecule has 1 aromatic heterocycles. The first kappa shape index (κ1) is 18.8. The molecule has 0 saturated heterocycles. The number of aryl methyl sites for hydroxylation is 2. The summed E-state index contributed by atoms with van der Waals surface area (Å²) in [5.74, 6) is 2.16. The molecule has 1 amide bonds. The second kappa shape index (κ2) is 6.96. The lowest BCUT2D eigenvalue weighted by Crippen LogP contribution is -2.61. The Kier molecular flexibility index (Phi) is 4.52. The minimum absolute atomic E-state index is 0.0373. The lowest BCUT2D eigenvalue weighted by Gasteiger charge is -2.55. The molecule has 2 aliphatic carbocycles. The summed E-state index contributed by atoms with van der Waals surface area (Å²) in [5.41, 5.74) is 3.61. The Morgan fingerprint density at radius 3 is 2.52 bits per heavy atom. The number of benzene rings is 1. The zero-order valence-corrected chi connectivity index (χ0v) is 17.9. The van der Waals surface area contributed by atoms with Gasteiger partial charge in [0.05, 0.1) is 5.54 Å². The molecule has 5 nitrogen and oxygen atoms in total. The van der Waals surface area contributed by atoms with Crippen LogP contribution < -0.4 is 4.90 Å². The zero-order chi connectivity index (χ0) is 20.2. The van der Waals surface area contributed by atoms with E-state index in [1.807, 2.05) is 4.90 Å². The minimum atomic E-state index is 0.0373. The smallest absolute Gasteiger partial charge is 0.231 e. The first-order valence-corrected chi connectivity index (χ1v) is 11.4. The van der Waals surface area contributed by atoms with Gasteiger partial charge in [-0.25, -0.2) is 4.68 Å². The highest BCUT2D eigenvalue weighted by Crippen LogP contribution is 2.53. The van der Waals surface area contributed by atoms with Crippen molar-refractivity contribution in [2.24, 2.45) is 5.92 Å². The van der Waals surface area contributed by atoms with Crippen LogP contribution in [0.15, 0.2) is 18.2 Å². The molecule has 154 valence electrons. The molecule has 2 unspecified atom stereocenters. The Labute approximate surface area is 173 Å². The normalized spacial score (nSPS) is 25.6. The summed E-state index contributed by atoms with van der Waals surface area (Å²) < 4.78 is 2.20. The van der Waals surface area contributed by atoms with Gasteiger partial charge in [-0.15, -0.1) is 5.10 Å². The van der Waals surface area contributed by atoms with Gasteiger partial charge in [0.1, 0.15) is 0 Å². The minimum Gasteiger partial charge on any atom is -0.278 e. The molecule has 2 atom stereocenters. The molecule has 3 aliphatic rings. The van der Waals surface area contributed by atoms with Crippen LogP contribution in [0, 0.1) is 19.8 Å². The molecule has 2 fully saturated rings. The van der Waals surface area contributed by atoms with Crippen LogP contribution in [0.2, 0.25) is 0 Å². The van der Waals surface area contributed by atoms with Crippen LogP contribution in [0.25, 0.3) is 11.4 Å². The average Bonchev–Trinajstić information content (AvgIpc) is 3.17. The SMILES string of the molecule is CC(=O)N1c2nc(-c3ccc(C)c(C)c3)nn2C2(CCCCC2)C2CCCCC21. The third-order valence-corrected chi connectivity index (χ3v) is 7.80. The fourth-order valence-electron chi connectivity index (χ4n) is 6.23. The molecule has 0 radical (unpaired) electrons. The van der Waals surface area contributed by atoms with E-state index in [0.29, 0.717) is 5.92 Å². The van der Waals surface area contributed by atoms with Crippen LogP contribution in [-0.4, -0.2) is 26.7 Å². The number of hydrogen-bond acceptors (Lipinski definition) is 3. The molecule has 29 heavy (non-hydrogen) atoms. The fraction of sp³-hybridized carbons (Fsp3) is 0.625. The van der Waals surface area contributed by atoms with Crippen molar-refractivity contribution in [1.29, 1.82) is 0 Å². The van der Waals surface area contributed by atoms with E-state index in [2.05, 4.69) is 36.7 Å². The van der Waals surface area contributed by atoms with Crippen molar-refractivity contribution in [3.05, 3.63) is 29.3 Å². The van der Waals surface area contributed by atoms with Gasteiger partial charge in [-0.3, -0.25) is 9.69 Å². The molecule has 0 N–H and O–H groups in total. The summed E-state index contributed by atoms with van der Waals surface area (Å²) in [6, 6.07) is 6.71. The van der Waals surface area contributed by atoms with E-state index in [1.165, 1.54) is 62.5 Å². The third-order valence-electron chi connectivity index (χ3n) is 7.80. The van der Waals surface area contributed by atoms with Crippen LogP contribution in [0.3, 0.4) is 0 Å². The summed E-state index contributed by atoms with van der Waals surface area (Å²) in [5, 5.41) is 5.10. The highest BCUT2D eigenvalue weighted by Gasteiger charge is 2.54. The molecule has 1 aromatic carbocycles. The molecule has 0 bridgehead atoms. The number of hydrogen-bond donors (Lipinski definition) is 0. The highest BCUT2D eigenvalue weighted by atomic mass is 16.2. The second-order valence-electron chi connectivity index (χ2n) is 9.46. The van der Waals surface area contributed by atoms with Crippen LogP contribution in [0.1, 0.15) is 75.8 Å². The highest BCUT2D eigenvalue weighted by molar-refractivity contribution is 5.91. The van der Waals surface area contributed by atoms with E-state index in [0.717, 1.165) is 23.8 Å². The summed E-state index contributed by atoms with van der Waals surface area (Å²) in [6.45, 7) is 5.96. The second-order valence-corrected chi connectivity index (χ2v) is 9.46. The largest absolute Gasteiger partial charge is 0.278 e. The molecule has 2 heterocycles. The molecule has 1 spiro atoms. The first-order valence-electron chi connectivity index (χ1n) is 11.4. The van der Waals surface area contributed by atoms with Gasteiger partial charge < -0.3 is 0 Å². The lowest BCUT2D eigenvalue weighted by atomic mass is 9.64. The fourth-order valence-corrected chi connectivity index (χ4v) is 6.23. The Bertz CT molecular complexity index is 940. The predicted molar refractivity (Wildman–Crippen MR) is 115 cm³/mol. The van der Waals surface area contributed by atoms with Crippen LogP contribution >= 0.6 is 0 Å². The van der Waals surface area contributed by atoms with Gasteiger partial charge in [0.2, 0.25) is 11.9 Å². The van der Waals surface area contributed by atoms with Gasteiger partial charge in [-0.2, -0.15) is 4.98 Å². The monoisotopic (exact) mass is 392 g/mol. The zero-order valence-electron chi connectivity index (χ0n) is 17.9. The number of aromatic nitrogens is 3. The van der Waals surface area contributed by atoms with E-state index in [9.17, 15) is 4.79 Å². The summed E-state index contributed by atoms with van der Waals surface area (Å²) in [7, 11) is 0. The Morgan fingerprint density at radius 2 is 1.79 bits per heavy atom. The topological polar surface area (TPSA) is 51.0 Å². The van der Waals surface area contributed by atoms with Crippen LogP contribution in [0.4, 0.5) is 5.95 Å². The van der Waals surface area contributed by atoms with Crippen molar-refractivity contribution in [2.75, 3.05) is 4.90 Å². The number of anilines is 1. The molecule has 5 heteroatoms. The van der Waals surface area contributed by atoms with E-state index in [-0.39, 0.29) is 17.5 Å². The standard InChI is InChI=1S/C24H32N4O/c1-16-11-12-19(15-17(16)2)22-25-23-27(18(3)29)21-10-6-5-9-20(21)24(28(23)26-22)13-7-4-8-14-24/h11-12,15,20-21H,4-10,13-14H2,1-3H3. The number of amides is 1. The van der Waals surface area contributed by atoms with E-state index in [4.69, 9.17) is 10.1 Å². The van der Waals surface area contributed by atoms with Crippen molar-refractivity contribution in [2.45, 2.75) is 90.1 Å². The van der Waals surface area contributed by atoms with Crippen molar-refractivity contribution < 1.29 is 4.79 Å². The molecule has 1 aliphatic heterocycles. The van der Waals surface area contributed by atoms with E-state index >= 15 is 0 Å². The average molecular weight is 393 g/mol. The van der Waals surface area contributed by atoms with Crippen molar-refractivity contribution in [3.8, 4) is 11.4 Å². The van der Waals surface area contributed by atoms with Gasteiger partial charge >= 0.3 is 0 Å². The summed E-state index contributed by atoms with van der Waals surface area (Å²) in [4.78, 5) is 19.8. The maximum Gasteiger partial charge on any atom is 0.231 e. The molecule has 5 rings (SSSR count). The van der Waals surface area contributed by atoms with Gasteiger partial charge in [-0.1, -0.05) is 44.2 Å². The maximum absolute atomic E-state index is 12.8. The predicted octanol–water partition coefficient (Wildman–Crippen LogP) is 5.15. The Hall–Kier alpha value is -2.17. The van der Waals surface area contributed by atoms with E-state index < -0.39 is 0 Å². The molecular formula is C24H32N4O. The summed E-state index contributed by atoms with van der Waals surface area (Å²) in [6.07, 6.45) is 10.9. The molecule has 2 aromatic rings. The lowest BCUT2D eigenvalue weighted by molar-refractivity contribution is -0.118. The number of carbonyl (C=O) groups is 1. The van der Waals surface area contributed by atoms with Gasteiger partial charge in [0.25, 0.3) is 0 Å². The van der Waals surface area contributed by atoms with Gasteiger partial charge in [0.15, 0.2) is 5.82 Å². The first-order chi connectivity index (χ1) is 14.0. The number of nitrogens with zero attached hydrogens (tertiary/aromatic N) is 4. The quantitative estimate of drug-likeness (QED) is 0.675. The van der Waals surface area contributed by atoms with Crippen LogP contribution in [0.5, 0.6) is 0 Å². The Morgan fingerprint density at radius 1 is 1.03 bits per heavy atom. The number of carbonyl (C=O) groups excluding carboxylic acids is 1. The number of rotatable bonds is 1. The number of fused-ring (bicyclic) bond motifs is 4. The van der Waals surface area contributed by atoms with Crippen molar-refractivity contribution >= 4 is 11.9 Å². The molecule has 2 saturated carbocycles. The van der Waals surface area contributed by atoms with Gasteiger partial charge in [-0.05, 0) is 56.7 Å². The third kappa shape index (κ3) is 2.84. The van der Waals surface area contributed by atoms with Crippen molar-refractivity contribution in [1.82, 2.24) is 14.8 Å². The van der Waals surface area contributed by atoms with Crippen LogP contribution in [-0.2, 0) is 10.3 Å². The van der Waals surface area contributed by atoms with Crippen molar-refractivity contribution in [3.63, 3.8) is 0 Å². The molecular weight excluding hydrogens is 360 g/mol. The summed E-state index contributed by atoms with van der Waals surface area (Å²) >= 11 is 0. The maximum atomic E-state index is 12.8. The van der Waals surface area contributed by atoms with E-state index in [1.54, 1.807) is 6.92 Å². The Balaban J connectivity index is 1.70. The van der Waals surface area contributed by atoms with Gasteiger partial charge in [0, 0.05) is 24.4 Å².